The second-order valence-corrected chi connectivity index (χ2v) is 3.03. The maximum Gasteiger partial charge on any atom is 0.356 e. The van der Waals surface area contributed by atoms with E-state index in [1.54, 1.807) is 22.9 Å². The van der Waals surface area contributed by atoms with Crippen LogP contribution in [0.1, 0.15) is 10.5 Å². The largest absolute Gasteiger partial charge is 0.481 e. The lowest BCUT2D eigenvalue weighted by atomic mass is 10.4. The van der Waals surface area contributed by atoms with E-state index in [-0.39, 0.29) is 5.69 Å². The third-order valence-electron chi connectivity index (χ3n) is 2.03. The van der Waals surface area contributed by atoms with Crippen molar-refractivity contribution in [3.8, 4) is 11.6 Å². The van der Waals surface area contributed by atoms with Crippen molar-refractivity contribution >= 4 is 5.97 Å². The van der Waals surface area contributed by atoms with Gasteiger partial charge in [0, 0.05) is 18.5 Å². The summed E-state index contributed by atoms with van der Waals surface area (Å²) in [5.74, 6) is -0.595. The summed E-state index contributed by atoms with van der Waals surface area (Å²) in [5, 5.41) is 8.73. The summed E-state index contributed by atoms with van der Waals surface area (Å²) in [7, 11) is 1.52. The minimum absolute atomic E-state index is 0.00391. The fourth-order valence-electron chi connectivity index (χ4n) is 1.25. The average molecular weight is 219 g/mol. The highest BCUT2D eigenvalue weighted by atomic mass is 16.5. The number of aromatic carboxylic acids is 1. The summed E-state index contributed by atoms with van der Waals surface area (Å²) < 4.78 is 6.56. The van der Waals surface area contributed by atoms with Gasteiger partial charge in [0.2, 0.25) is 5.88 Å². The lowest BCUT2D eigenvalue weighted by Gasteiger charge is -2.03. The van der Waals surface area contributed by atoms with Crippen LogP contribution in [0.15, 0.2) is 30.9 Å². The van der Waals surface area contributed by atoms with Gasteiger partial charge < -0.3 is 14.4 Å². The first-order valence-electron chi connectivity index (χ1n) is 4.48. The molecule has 0 fully saturated rings. The molecule has 0 unspecified atom stereocenters. The molecule has 0 saturated heterocycles. The van der Waals surface area contributed by atoms with Crippen molar-refractivity contribution in [2.75, 3.05) is 7.11 Å². The molecule has 2 heterocycles. The molecule has 0 aliphatic carbocycles. The number of rotatable bonds is 3. The van der Waals surface area contributed by atoms with Crippen molar-refractivity contribution in [2.24, 2.45) is 0 Å². The van der Waals surface area contributed by atoms with Crippen LogP contribution in [0, 0.1) is 0 Å². The number of pyridine rings is 1. The van der Waals surface area contributed by atoms with Gasteiger partial charge in [-0.25, -0.2) is 14.8 Å². The van der Waals surface area contributed by atoms with Crippen LogP contribution >= 0.6 is 0 Å². The molecule has 6 heteroatoms. The number of imidazole rings is 1. The van der Waals surface area contributed by atoms with Gasteiger partial charge in [-0.05, 0) is 6.07 Å². The SMILES string of the molecule is COc1cc(-n2cnc(C(=O)O)c2)ccn1. The molecule has 0 atom stereocenters. The molecule has 6 nitrogen and oxygen atoms in total. The number of nitrogens with zero attached hydrogens (tertiary/aromatic N) is 3. The predicted octanol–water partition coefficient (Wildman–Crippen LogP) is 0.974. The van der Waals surface area contributed by atoms with Crippen LogP contribution in [-0.4, -0.2) is 32.7 Å². The number of carboxylic acid groups (broad SMARTS) is 1. The van der Waals surface area contributed by atoms with Crippen LogP contribution in [0.3, 0.4) is 0 Å². The highest BCUT2D eigenvalue weighted by Gasteiger charge is 2.07. The lowest BCUT2D eigenvalue weighted by Crippen LogP contribution is -1.96. The van der Waals surface area contributed by atoms with E-state index in [0.717, 1.165) is 5.69 Å². The Morgan fingerprint density at radius 1 is 1.50 bits per heavy atom. The number of ether oxygens (including phenoxy) is 1. The van der Waals surface area contributed by atoms with Gasteiger partial charge in [0.1, 0.15) is 6.33 Å². The molecule has 2 aromatic heterocycles. The molecule has 2 rings (SSSR count). The second-order valence-electron chi connectivity index (χ2n) is 3.03. The van der Waals surface area contributed by atoms with Crippen molar-refractivity contribution in [2.45, 2.75) is 0 Å². The Morgan fingerprint density at radius 2 is 2.31 bits per heavy atom. The number of carbonyl (C=O) groups is 1. The smallest absolute Gasteiger partial charge is 0.356 e. The Labute approximate surface area is 91.1 Å². The molecular formula is C10H9N3O3. The molecule has 0 aromatic carbocycles. The van der Waals surface area contributed by atoms with Crippen LogP contribution in [0.2, 0.25) is 0 Å². The fraction of sp³-hybridized carbons (Fsp3) is 0.100. The van der Waals surface area contributed by atoms with Gasteiger partial charge in [-0.3, -0.25) is 0 Å². The summed E-state index contributed by atoms with van der Waals surface area (Å²) in [4.78, 5) is 18.4. The topological polar surface area (TPSA) is 77.2 Å². The molecule has 82 valence electrons. The standard InChI is InChI=1S/C10H9N3O3/c1-16-9-4-7(2-3-11-9)13-5-8(10(14)15)12-6-13/h2-6H,1H3,(H,14,15). The van der Waals surface area contributed by atoms with E-state index in [2.05, 4.69) is 9.97 Å². The number of methoxy groups -OCH3 is 1. The van der Waals surface area contributed by atoms with Crippen LogP contribution in [-0.2, 0) is 0 Å². The van der Waals surface area contributed by atoms with Crippen molar-refractivity contribution in [1.29, 1.82) is 0 Å². The third-order valence-corrected chi connectivity index (χ3v) is 2.03. The van der Waals surface area contributed by atoms with E-state index in [4.69, 9.17) is 9.84 Å². The van der Waals surface area contributed by atoms with E-state index in [9.17, 15) is 4.79 Å². The van der Waals surface area contributed by atoms with E-state index >= 15 is 0 Å². The van der Waals surface area contributed by atoms with E-state index in [1.165, 1.54) is 19.6 Å². The molecule has 0 spiro atoms. The molecule has 0 bridgehead atoms. The maximum atomic E-state index is 10.7. The van der Waals surface area contributed by atoms with Gasteiger partial charge >= 0.3 is 5.97 Å². The normalized spacial score (nSPS) is 10.1. The Kier molecular flexibility index (Phi) is 2.55. The highest BCUT2D eigenvalue weighted by Crippen LogP contribution is 2.13. The maximum absolute atomic E-state index is 10.7. The minimum atomic E-state index is -1.06. The molecule has 2 aromatic rings. The summed E-state index contributed by atoms with van der Waals surface area (Å²) in [5.41, 5.74) is 0.739. The molecule has 1 N–H and O–H groups in total. The summed E-state index contributed by atoms with van der Waals surface area (Å²) >= 11 is 0. The Morgan fingerprint density at radius 3 is 2.94 bits per heavy atom. The van der Waals surface area contributed by atoms with E-state index in [0.29, 0.717) is 5.88 Å². The number of hydrogen-bond donors (Lipinski definition) is 1. The average Bonchev–Trinajstić information content (AvgIpc) is 2.78. The van der Waals surface area contributed by atoms with Gasteiger partial charge in [-0.15, -0.1) is 0 Å². The molecule has 0 amide bonds. The highest BCUT2D eigenvalue weighted by molar-refractivity contribution is 5.85. The van der Waals surface area contributed by atoms with Crippen LogP contribution in [0.25, 0.3) is 5.69 Å². The van der Waals surface area contributed by atoms with Crippen molar-refractivity contribution in [1.82, 2.24) is 14.5 Å². The summed E-state index contributed by atoms with van der Waals surface area (Å²) in [6, 6.07) is 3.42. The van der Waals surface area contributed by atoms with Crippen molar-refractivity contribution < 1.29 is 14.6 Å². The van der Waals surface area contributed by atoms with Crippen molar-refractivity contribution in [3.63, 3.8) is 0 Å². The van der Waals surface area contributed by atoms with Gasteiger partial charge in [0.25, 0.3) is 0 Å². The first-order chi connectivity index (χ1) is 7.70. The first-order valence-corrected chi connectivity index (χ1v) is 4.48. The van der Waals surface area contributed by atoms with E-state index < -0.39 is 5.97 Å². The van der Waals surface area contributed by atoms with Gasteiger partial charge in [-0.2, -0.15) is 0 Å². The third kappa shape index (κ3) is 1.85. The Hall–Kier alpha value is -2.37. The summed E-state index contributed by atoms with van der Waals surface area (Å²) in [6.07, 6.45) is 4.43. The number of aromatic nitrogens is 3. The number of hydrogen-bond acceptors (Lipinski definition) is 4. The minimum Gasteiger partial charge on any atom is -0.481 e. The predicted molar refractivity (Wildman–Crippen MR) is 54.9 cm³/mol. The van der Waals surface area contributed by atoms with Gasteiger partial charge in [0.05, 0.1) is 12.8 Å². The Bertz CT molecular complexity index is 522. The molecule has 0 radical (unpaired) electrons. The quantitative estimate of drug-likeness (QED) is 0.832. The molecule has 0 aliphatic rings. The van der Waals surface area contributed by atoms with Crippen molar-refractivity contribution in [3.05, 3.63) is 36.5 Å². The molecule has 16 heavy (non-hydrogen) atoms. The fourth-order valence-corrected chi connectivity index (χ4v) is 1.25. The van der Waals surface area contributed by atoms with Gasteiger partial charge in [-0.1, -0.05) is 0 Å². The Balaban J connectivity index is 2.38. The van der Waals surface area contributed by atoms with Crippen LogP contribution in [0.5, 0.6) is 5.88 Å². The zero-order valence-electron chi connectivity index (χ0n) is 8.49. The lowest BCUT2D eigenvalue weighted by molar-refractivity contribution is 0.0691. The van der Waals surface area contributed by atoms with Crippen LogP contribution in [0.4, 0.5) is 0 Å². The zero-order valence-corrected chi connectivity index (χ0v) is 8.49. The monoisotopic (exact) mass is 219 g/mol. The molecular weight excluding hydrogens is 210 g/mol. The van der Waals surface area contributed by atoms with E-state index in [1.807, 2.05) is 0 Å². The second kappa shape index (κ2) is 4.01. The zero-order chi connectivity index (χ0) is 11.5. The molecule has 0 saturated carbocycles. The summed E-state index contributed by atoms with van der Waals surface area (Å²) in [6.45, 7) is 0. The van der Waals surface area contributed by atoms with Gasteiger partial charge in [0.15, 0.2) is 5.69 Å². The molecule has 0 aliphatic heterocycles. The first kappa shape index (κ1) is 10.2. The van der Waals surface area contributed by atoms with Crippen LogP contribution < -0.4 is 4.74 Å². The number of carboxylic acids is 1.